The van der Waals surface area contributed by atoms with Crippen LogP contribution in [0.5, 0.6) is 11.5 Å². The Hall–Kier alpha value is -3.21. The lowest BCUT2D eigenvalue weighted by Gasteiger charge is -2.27. The zero-order valence-corrected chi connectivity index (χ0v) is 16.2. The van der Waals surface area contributed by atoms with E-state index >= 15 is 0 Å². The highest BCUT2D eigenvalue weighted by Crippen LogP contribution is 2.39. The third kappa shape index (κ3) is 3.36. The molecular formula is C23H24N2O3. The second-order valence-electron chi connectivity index (χ2n) is 6.91. The Bertz CT molecular complexity index is 966. The van der Waals surface area contributed by atoms with Gasteiger partial charge in [-0.1, -0.05) is 6.07 Å². The summed E-state index contributed by atoms with van der Waals surface area (Å²) in [5.41, 5.74) is 2.70. The van der Waals surface area contributed by atoms with Crippen molar-refractivity contribution in [3.05, 3.63) is 78.1 Å². The molecule has 0 radical (unpaired) electrons. The third-order valence-electron chi connectivity index (χ3n) is 5.31. The first-order chi connectivity index (χ1) is 13.7. The Balaban J connectivity index is 1.64. The van der Waals surface area contributed by atoms with Crippen LogP contribution in [0.3, 0.4) is 0 Å². The molecule has 1 aliphatic rings. The van der Waals surface area contributed by atoms with Gasteiger partial charge in [-0.05, 0) is 55.3 Å². The molecule has 144 valence electrons. The summed E-state index contributed by atoms with van der Waals surface area (Å²) < 4.78 is 12.9. The molecule has 4 rings (SSSR count). The SMILES string of the molecule is COc1ccc([C@@H]2CCCN2C(=O)c2cccc(-n3cccc3)c2)c(OC)c1. The molecule has 0 bridgehead atoms. The predicted molar refractivity (Wildman–Crippen MR) is 108 cm³/mol. The van der Waals surface area contributed by atoms with Crippen molar-refractivity contribution < 1.29 is 14.3 Å². The van der Waals surface area contributed by atoms with Crippen molar-refractivity contribution in [1.82, 2.24) is 9.47 Å². The van der Waals surface area contributed by atoms with Gasteiger partial charge in [0.05, 0.1) is 20.3 Å². The maximum absolute atomic E-state index is 13.3. The minimum Gasteiger partial charge on any atom is -0.497 e. The van der Waals surface area contributed by atoms with Crippen LogP contribution >= 0.6 is 0 Å². The van der Waals surface area contributed by atoms with E-state index in [9.17, 15) is 4.79 Å². The van der Waals surface area contributed by atoms with Crippen molar-refractivity contribution >= 4 is 5.91 Å². The maximum atomic E-state index is 13.3. The van der Waals surface area contributed by atoms with E-state index < -0.39 is 0 Å². The van der Waals surface area contributed by atoms with Gasteiger partial charge in [0.15, 0.2) is 0 Å². The summed E-state index contributed by atoms with van der Waals surface area (Å²) in [6, 6.07) is 17.5. The summed E-state index contributed by atoms with van der Waals surface area (Å²) in [5.74, 6) is 1.55. The van der Waals surface area contributed by atoms with Crippen molar-refractivity contribution in [2.75, 3.05) is 20.8 Å². The van der Waals surface area contributed by atoms with Crippen molar-refractivity contribution in [3.63, 3.8) is 0 Å². The molecule has 0 saturated carbocycles. The van der Waals surface area contributed by atoms with Gasteiger partial charge in [0.1, 0.15) is 11.5 Å². The number of aromatic nitrogens is 1. The second kappa shape index (κ2) is 7.80. The highest BCUT2D eigenvalue weighted by molar-refractivity contribution is 5.95. The zero-order valence-electron chi connectivity index (χ0n) is 16.2. The van der Waals surface area contributed by atoms with Crippen LogP contribution in [0.2, 0.25) is 0 Å². The monoisotopic (exact) mass is 376 g/mol. The average molecular weight is 376 g/mol. The van der Waals surface area contributed by atoms with Gasteiger partial charge in [0, 0.05) is 41.8 Å². The van der Waals surface area contributed by atoms with Gasteiger partial charge in [0.2, 0.25) is 0 Å². The van der Waals surface area contributed by atoms with Gasteiger partial charge in [0.25, 0.3) is 5.91 Å². The predicted octanol–water partition coefficient (Wildman–Crippen LogP) is 4.47. The summed E-state index contributed by atoms with van der Waals surface area (Å²) in [7, 11) is 3.29. The van der Waals surface area contributed by atoms with Crippen LogP contribution in [0.1, 0.15) is 34.8 Å². The average Bonchev–Trinajstić information content (AvgIpc) is 3.45. The Labute approximate surface area is 165 Å². The number of carbonyl (C=O) groups excluding carboxylic acids is 1. The van der Waals surface area contributed by atoms with Crippen LogP contribution in [-0.2, 0) is 0 Å². The molecule has 1 fully saturated rings. The standard InChI is InChI=1S/C23H24N2O3/c1-27-19-10-11-20(22(16-19)28-2)21-9-6-14-25(21)23(26)17-7-5-8-18(15-17)24-12-3-4-13-24/h3-5,7-8,10-13,15-16,21H,6,9,14H2,1-2H3/t21-/m0/s1. The Kier molecular flexibility index (Phi) is 5.06. The van der Waals surface area contributed by atoms with E-state index in [0.29, 0.717) is 5.56 Å². The minimum atomic E-state index is 0.00332. The van der Waals surface area contributed by atoms with Crippen molar-refractivity contribution in [3.8, 4) is 17.2 Å². The molecule has 0 unspecified atom stereocenters. The topological polar surface area (TPSA) is 43.7 Å². The summed E-state index contributed by atoms with van der Waals surface area (Å²) in [5, 5.41) is 0. The summed E-state index contributed by atoms with van der Waals surface area (Å²) in [6.07, 6.45) is 5.85. The van der Waals surface area contributed by atoms with Gasteiger partial charge in [-0.3, -0.25) is 4.79 Å². The molecule has 1 aromatic heterocycles. The number of rotatable bonds is 5. The highest BCUT2D eigenvalue weighted by atomic mass is 16.5. The molecule has 1 aliphatic heterocycles. The Morgan fingerprint density at radius 3 is 2.57 bits per heavy atom. The van der Waals surface area contributed by atoms with Crippen LogP contribution in [0.25, 0.3) is 5.69 Å². The quantitative estimate of drug-likeness (QED) is 0.660. The molecule has 1 saturated heterocycles. The number of nitrogens with zero attached hydrogens (tertiary/aromatic N) is 2. The number of hydrogen-bond donors (Lipinski definition) is 0. The normalized spacial score (nSPS) is 16.2. The zero-order chi connectivity index (χ0) is 19.5. The van der Waals surface area contributed by atoms with Crippen LogP contribution in [0, 0.1) is 0 Å². The molecule has 2 heterocycles. The van der Waals surface area contributed by atoms with E-state index in [-0.39, 0.29) is 11.9 Å². The summed E-state index contributed by atoms with van der Waals surface area (Å²) >= 11 is 0. The first kappa shape index (κ1) is 18.2. The van der Waals surface area contributed by atoms with E-state index in [0.717, 1.165) is 42.1 Å². The van der Waals surface area contributed by atoms with Gasteiger partial charge in [-0.2, -0.15) is 0 Å². The molecule has 1 atom stereocenters. The van der Waals surface area contributed by atoms with Crippen LogP contribution in [0.15, 0.2) is 67.0 Å². The molecule has 0 N–H and O–H groups in total. The molecule has 0 spiro atoms. The smallest absolute Gasteiger partial charge is 0.254 e. The van der Waals surface area contributed by atoms with E-state index in [1.807, 2.05) is 76.5 Å². The maximum Gasteiger partial charge on any atom is 0.254 e. The lowest BCUT2D eigenvalue weighted by Crippen LogP contribution is -2.30. The van der Waals surface area contributed by atoms with Crippen molar-refractivity contribution in [2.24, 2.45) is 0 Å². The molecule has 5 heteroatoms. The van der Waals surface area contributed by atoms with Gasteiger partial charge in [-0.25, -0.2) is 0 Å². The van der Waals surface area contributed by atoms with E-state index in [4.69, 9.17) is 9.47 Å². The lowest BCUT2D eigenvalue weighted by atomic mass is 10.0. The first-order valence-electron chi connectivity index (χ1n) is 9.47. The van der Waals surface area contributed by atoms with Crippen LogP contribution in [0.4, 0.5) is 0 Å². The number of methoxy groups -OCH3 is 2. The fourth-order valence-corrected chi connectivity index (χ4v) is 3.90. The fourth-order valence-electron chi connectivity index (χ4n) is 3.90. The number of ether oxygens (including phenoxy) is 2. The Morgan fingerprint density at radius 2 is 1.82 bits per heavy atom. The summed E-state index contributed by atoms with van der Waals surface area (Å²) in [4.78, 5) is 15.3. The highest BCUT2D eigenvalue weighted by Gasteiger charge is 2.32. The van der Waals surface area contributed by atoms with Gasteiger partial charge >= 0.3 is 0 Å². The Morgan fingerprint density at radius 1 is 1.00 bits per heavy atom. The van der Waals surface area contributed by atoms with Crippen molar-refractivity contribution in [1.29, 1.82) is 0 Å². The van der Waals surface area contributed by atoms with E-state index in [1.165, 1.54) is 0 Å². The van der Waals surface area contributed by atoms with Crippen LogP contribution < -0.4 is 9.47 Å². The molecule has 3 aromatic rings. The number of likely N-dealkylation sites (tertiary alicyclic amines) is 1. The number of benzene rings is 2. The molecule has 5 nitrogen and oxygen atoms in total. The van der Waals surface area contributed by atoms with E-state index in [1.54, 1.807) is 14.2 Å². The molecule has 1 amide bonds. The number of hydrogen-bond acceptors (Lipinski definition) is 3. The van der Waals surface area contributed by atoms with Crippen LogP contribution in [-0.4, -0.2) is 36.1 Å². The van der Waals surface area contributed by atoms with Gasteiger partial charge < -0.3 is 18.9 Å². The second-order valence-corrected chi connectivity index (χ2v) is 6.91. The summed E-state index contributed by atoms with van der Waals surface area (Å²) in [6.45, 7) is 0.742. The minimum absolute atomic E-state index is 0.00332. The molecular weight excluding hydrogens is 352 g/mol. The van der Waals surface area contributed by atoms with Crippen molar-refractivity contribution in [2.45, 2.75) is 18.9 Å². The van der Waals surface area contributed by atoms with Gasteiger partial charge in [-0.15, -0.1) is 0 Å². The third-order valence-corrected chi connectivity index (χ3v) is 5.31. The fraction of sp³-hybridized carbons (Fsp3) is 0.261. The molecule has 2 aromatic carbocycles. The van der Waals surface area contributed by atoms with E-state index in [2.05, 4.69) is 0 Å². The largest absolute Gasteiger partial charge is 0.497 e. The molecule has 0 aliphatic carbocycles. The molecule has 28 heavy (non-hydrogen) atoms. The first-order valence-corrected chi connectivity index (χ1v) is 9.47. The number of amides is 1. The lowest BCUT2D eigenvalue weighted by molar-refractivity contribution is 0.0734. The number of carbonyl (C=O) groups is 1.